The molecule has 1 aromatic rings. The molecule has 3 nitrogen and oxygen atoms in total. The molecule has 0 N–H and O–H groups in total. The number of carbonyl (C=O) groups is 2. The van der Waals surface area contributed by atoms with Gasteiger partial charge in [-0.3, -0.25) is 9.59 Å². The molecule has 0 saturated carbocycles. The molecule has 1 amide bonds. The Labute approximate surface area is 137 Å². The lowest BCUT2D eigenvalue weighted by Crippen LogP contribution is -2.45. The summed E-state index contributed by atoms with van der Waals surface area (Å²) >= 11 is 1.14. The number of thioether (sulfide) groups is 1. The average molecular weight is 345 g/mol. The predicted molar refractivity (Wildman–Crippen MR) is 83.5 cm³/mol. The first-order valence-corrected chi connectivity index (χ1v) is 8.54. The van der Waals surface area contributed by atoms with Crippen molar-refractivity contribution < 1.29 is 22.8 Å². The summed E-state index contributed by atoms with van der Waals surface area (Å²) in [4.78, 5) is 25.2. The van der Waals surface area contributed by atoms with Crippen LogP contribution in [-0.4, -0.2) is 47.4 Å². The number of nitrogens with zero attached hydrogens (tertiary/aromatic N) is 1. The maximum Gasteiger partial charge on any atom is 0.393 e. The van der Waals surface area contributed by atoms with Gasteiger partial charge in [-0.2, -0.15) is 13.2 Å². The summed E-state index contributed by atoms with van der Waals surface area (Å²) in [6, 6.07) is 8.72. The highest BCUT2D eigenvalue weighted by Crippen LogP contribution is 2.33. The fourth-order valence-corrected chi connectivity index (χ4v) is 3.31. The summed E-state index contributed by atoms with van der Waals surface area (Å²) in [5.74, 6) is -1.67. The van der Waals surface area contributed by atoms with Crippen LogP contribution in [0.2, 0.25) is 0 Å². The Kier molecular flexibility index (Phi) is 6.10. The number of hydrogen-bond donors (Lipinski definition) is 0. The standard InChI is InChI=1S/C16H18F3NO2S/c17-16(18,19)13-7-4-8-20(9-13)15(22)11-23-10-14(21)12-5-2-1-3-6-12/h1-3,5-6,13H,4,7-11H2. The van der Waals surface area contributed by atoms with Gasteiger partial charge in [0.25, 0.3) is 0 Å². The van der Waals surface area contributed by atoms with Crippen LogP contribution in [0.5, 0.6) is 0 Å². The van der Waals surface area contributed by atoms with Gasteiger partial charge in [-0.25, -0.2) is 0 Å². The number of rotatable bonds is 5. The van der Waals surface area contributed by atoms with E-state index in [0.717, 1.165) is 11.8 Å². The topological polar surface area (TPSA) is 37.4 Å². The first kappa shape index (κ1) is 17.8. The highest BCUT2D eigenvalue weighted by molar-refractivity contribution is 8.00. The number of likely N-dealkylation sites (tertiary alicyclic amines) is 1. The Hall–Kier alpha value is -1.50. The molecule has 0 radical (unpaired) electrons. The lowest BCUT2D eigenvalue weighted by molar-refractivity contribution is -0.187. The molecule has 1 aromatic carbocycles. The largest absolute Gasteiger partial charge is 0.393 e. The van der Waals surface area contributed by atoms with E-state index < -0.39 is 12.1 Å². The third-order valence-electron chi connectivity index (χ3n) is 3.79. The van der Waals surface area contributed by atoms with E-state index in [1.165, 1.54) is 4.90 Å². The summed E-state index contributed by atoms with van der Waals surface area (Å²) < 4.78 is 38.2. The summed E-state index contributed by atoms with van der Waals surface area (Å²) in [7, 11) is 0. The van der Waals surface area contributed by atoms with Gasteiger partial charge in [0, 0.05) is 18.7 Å². The normalized spacial score (nSPS) is 18.7. The van der Waals surface area contributed by atoms with Gasteiger partial charge in [0.2, 0.25) is 5.91 Å². The molecule has 1 aliphatic rings. The van der Waals surface area contributed by atoms with Crippen molar-refractivity contribution in [2.75, 3.05) is 24.6 Å². The van der Waals surface area contributed by atoms with Crippen molar-refractivity contribution in [2.24, 2.45) is 5.92 Å². The molecule has 7 heteroatoms. The molecule has 2 rings (SSSR count). The minimum atomic E-state index is -4.25. The van der Waals surface area contributed by atoms with E-state index in [-0.39, 0.29) is 36.2 Å². The van der Waals surface area contributed by atoms with Gasteiger partial charge in [-0.1, -0.05) is 30.3 Å². The molecule has 1 unspecified atom stereocenters. The first-order chi connectivity index (χ1) is 10.9. The van der Waals surface area contributed by atoms with E-state index >= 15 is 0 Å². The second kappa shape index (κ2) is 7.86. The van der Waals surface area contributed by atoms with Crippen LogP contribution in [0.15, 0.2) is 30.3 Å². The highest BCUT2D eigenvalue weighted by Gasteiger charge is 2.42. The minimum Gasteiger partial charge on any atom is -0.341 e. The van der Waals surface area contributed by atoms with Crippen LogP contribution >= 0.6 is 11.8 Å². The Morgan fingerprint density at radius 1 is 1.17 bits per heavy atom. The van der Waals surface area contributed by atoms with E-state index in [9.17, 15) is 22.8 Å². The SMILES string of the molecule is O=C(CSCC(=O)N1CCCC(C(F)(F)F)C1)c1ccccc1. The van der Waals surface area contributed by atoms with Crippen molar-refractivity contribution in [3.05, 3.63) is 35.9 Å². The molecule has 0 aliphatic carbocycles. The van der Waals surface area contributed by atoms with Crippen LogP contribution in [0.4, 0.5) is 13.2 Å². The van der Waals surface area contributed by atoms with Gasteiger partial charge in [0.05, 0.1) is 17.4 Å². The highest BCUT2D eigenvalue weighted by atomic mass is 32.2. The monoisotopic (exact) mass is 345 g/mol. The number of halogens is 3. The van der Waals surface area contributed by atoms with E-state index in [1.54, 1.807) is 30.3 Å². The molecule has 0 bridgehead atoms. The number of alkyl halides is 3. The lowest BCUT2D eigenvalue weighted by Gasteiger charge is -2.33. The third-order valence-corrected chi connectivity index (χ3v) is 4.71. The Morgan fingerprint density at radius 2 is 1.87 bits per heavy atom. The third kappa shape index (κ3) is 5.27. The average Bonchev–Trinajstić information content (AvgIpc) is 2.54. The number of Topliss-reactive ketones (excluding diaryl/α,β-unsaturated/α-hetero) is 1. The molecule has 1 heterocycles. The zero-order valence-corrected chi connectivity index (χ0v) is 13.3. The van der Waals surface area contributed by atoms with E-state index in [4.69, 9.17) is 0 Å². The molecule has 1 saturated heterocycles. The van der Waals surface area contributed by atoms with Gasteiger partial charge in [-0.05, 0) is 12.8 Å². The molecule has 0 aromatic heterocycles. The van der Waals surface area contributed by atoms with Crippen LogP contribution in [0.3, 0.4) is 0 Å². The van der Waals surface area contributed by atoms with Crippen LogP contribution in [0.25, 0.3) is 0 Å². The molecule has 0 spiro atoms. The quantitative estimate of drug-likeness (QED) is 0.768. The van der Waals surface area contributed by atoms with Crippen LogP contribution < -0.4 is 0 Å². The number of hydrogen-bond acceptors (Lipinski definition) is 3. The van der Waals surface area contributed by atoms with E-state index in [1.807, 2.05) is 0 Å². The van der Waals surface area contributed by atoms with Crippen LogP contribution in [-0.2, 0) is 4.79 Å². The van der Waals surface area contributed by atoms with Gasteiger partial charge < -0.3 is 4.90 Å². The van der Waals surface area contributed by atoms with Crippen molar-refractivity contribution >= 4 is 23.5 Å². The van der Waals surface area contributed by atoms with Crippen molar-refractivity contribution in [1.29, 1.82) is 0 Å². The number of carbonyl (C=O) groups excluding carboxylic acids is 2. The zero-order chi connectivity index (χ0) is 16.9. The van der Waals surface area contributed by atoms with Gasteiger partial charge >= 0.3 is 6.18 Å². The summed E-state index contributed by atoms with van der Waals surface area (Å²) in [5, 5.41) is 0. The number of amides is 1. The smallest absolute Gasteiger partial charge is 0.341 e. The maximum absolute atomic E-state index is 12.7. The van der Waals surface area contributed by atoms with Gasteiger partial charge in [0.15, 0.2) is 5.78 Å². The molecular weight excluding hydrogens is 327 g/mol. The van der Waals surface area contributed by atoms with Crippen molar-refractivity contribution in [1.82, 2.24) is 4.90 Å². The summed E-state index contributed by atoms with van der Waals surface area (Å²) in [6.07, 6.45) is -3.81. The lowest BCUT2D eigenvalue weighted by atomic mass is 9.97. The minimum absolute atomic E-state index is 0.0309. The van der Waals surface area contributed by atoms with Crippen molar-refractivity contribution in [3.63, 3.8) is 0 Å². The Morgan fingerprint density at radius 3 is 2.52 bits per heavy atom. The molecule has 1 atom stereocenters. The molecule has 1 aliphatic heterocycles. The molecular formula is C16H18F3NO2S. The zero-order valence-electron chi connectivity index (χ0n) is 12.5. The number of piperidine rings is 1. The second-order valence-electron chi connectivity index (χ2n) is 5.50. The Balaban J connectivity index is 1.77. The van der Waals surface area contributed by atoms with Gasteiger partial charge in [-0.15, -0.1) is 11.8 Å². The number of benzene rings is 1. The summed E-state index contributed by atoms with van der Waals surface area (Å²) in [6.45, 7) is 0.0914. The fourth-order valence-electron chi connectivity index (χ4n) is 2.50. The maximum atomic E-state index is 12.7. The van der Waals surface area contributed by atoms with Crippen LogP contribution in [0.1, 0.15) is 23.2 Å². The van der Waals surface area contributed by atoms with Crippen molar-refractivity contribution in [2.45, 2.75) is 19.0 Å². The molecule has 23 heavy (non-hydrogen) atoms. The van der Waals surface area contributed by atoms with Gasteiger partial charge in [0.1, 0.15) is 0 Å². The number of ketones is 1. The first-order valence-electron chi connectivity index (χ1n) is 7.38. The fraction of sp³-hybridized carbons (Fsp3) is 0.500. The van der Waals surface area contributed by atoms with Crippen molar-refractivity contribution in [3.8, 4) is 0 Å². The van der Waals surface area contributed by atoms with Crippen LogP contribution in [0, 0.1) is 5.92 Å². The van der Waals surface area contributed by atoms with E-state index in [0.29, 0.717) is 18.5 Å². The van der Waals surface area contributed by atoms with E-state index in [2.05, 4.69) is 0 Å². The summed E-state index contributed by atoms with van der Waals surface area (Å²) in [5.41, 5.74) is 0.572. The molecule has 126 valence electrons. The molecule has 1 fully saturated rings. The second-order valence-corrected chi connectivity index (χ2v) is 6.49. The predicted octanol–water partition coefficient (Wildman–Crippen LogP) is 3.40. The Bertz CT molecular complexity index is 548.